The van der Waals surface area contributed by atoms with Crippen LogP contribution in [0.25, 0.3) is 0 Å². The molecule has 52 heavy (non-hydrogen) atoms. The summed E-state index contributed by atoms with van der Waals surface area (Å²) >= 11 is 0. The van der Waals surface area contributed by atoms with E-state index in [9.17, 15) is 23.1 Å². The maximum atomic E-state index is 14.3. The Hall–Kier alpha value is -4.37. The molecule has 1 fully saturated rings. The van der Waals surface area contributed by atoms with Crippen LogP contribution in [0.2, 0.25) is 0 Å². The summed E-state index contributed by atoms with van der Waals surface area (Å²) in [5.41, 5.74) is 2.84. The van der Waals surface area contributed by atoms with Crippen LogP contribution in [0.4, 0.5) is 4.79 Å². The smallest absolute Gasteiger partial charge is 0.321 e. The number of rotatable bonds is 19. The van der Waals surface area contributed by atoms with Crippen molar-refractivity contribution in [1.82, 2.24) is 24.4 Å². The van der Waals surface area contributed by atoms with Crippen molar-refractivity contribution in [3.63, 3.8) is 0 Å². The van der Waals surface area contributed by atoms with Gasteiger partial charge in [0.15, 0.2) is 0 Å². The van der Waals surface area contributed by atoms with Crippen molar-refractivity contribution in [1.29, 1.82) is 0 Å². The van der Waals surface area contributed by atoms with Crippen molar-refractivity contribution in [3.05, 3.63) is 95.3 Å². The fraction of sp³-hybridized carbons (Fsp3) is 0.474. The van der Waals surface area contributed by atoms with E-state index in [0.29, 0.717) is 31.7 Å². The Labute approximate surface area is 307 Å². The van der Waals surface area contributed by atoms with E-state index in [1.165, 1.54) is 34.8 Å². The van der Waals surface area contributed by atoms with Gasteiger partial charge in [0, 0.05) is 33.3 Å². The molecule has 3 aromatic rings. The number of nitrogens with zero attached hydrogens (tertiary/aromatic N) is 5. The van der Waals surface area contributed by atoms with Gasteiger partial charge in [0.25, 0.3) is 0 Å². The van der Waals surface area contributed by atoms with Crippen LogP contribution in [-0.4, -0.2) is 107 Å². The molecule has 1 saturated heterocycles. The van der Waals surface area contributed by atoms with E-state index >= 15 is 0 Å². The summed E-state index contributed by atoms with van der Waals surface area (Å²) in [6.07, 6.45) is 0.752. The second kappa shape index (κ2) is 18.9. The molecule has 4 atom stereocenters. The topological polar surface area (TPSA) is 165 Å². The number of aromatic nitrogens is 1. The van der Waals surface area contributed by atoms with E-state index in [4.69, 9.17) is 9.94 Å². The number of benzene rings is 2. The molecule has 1 aliphatic rings. The van der Waals surface area contributed by atoms with Crippen LogP contribution in [0.5, 0.6) is 0 Å². The number of urea groups is 1. The number of ether oxygens (including phenoxy) is 1. The lowest BCUT2D eigenvalue weighted by Gasteiger charge is -2.35. The van der Waals surface area contributed by atoms with Crippen LogP contribution in [0, 0.1) is 11.8 Å². The number of sulfonamides is 1. The molecule has 3 N–H and O–H groups in total. The van der Waals surface area contributed by atoms with Crippen LogP contribution in [0.3, 0.4) is 0 Å². The van der Waals surface area contributed by atoms with Crippen molar-refractivity contribution in [2.75, 3.05) is 33.3 Å². The molecule has 14 heteroatoms. The average Bonchev–Trinajstić information content (AvgIpc) is 3.47. The summed E-state index contributed by atoms with van der Waals surface area (Å²) < 4.78 is 34.3. The minimum absolute atomic E-state index is 0.0219. The molecule has 0 saturated carbocycles. The van der Waals surface area contributed by atoms with E-state index in [2.05, 4.69) is 15.5 Å². The minimum atomic E-state index is -4.07. The normalized spacial score (nSPS) is 16.1. The molecule has 3 amide bonds. The quantitative estimate of drug-likeness (QED) is 0.0940. The second-order valence-electron chi connectivity index (χ2n) is 13.7. The molecule has 0 bridgehead atoms. The van der Waals surface area contributed by atoms with Gasteiger partial charge >= 0.3 is 6.03 Å². The average molecular weight is 737 g/mol. The molecule has 0 aliphatic carbocycles. The number of aliphatic hydroxyl groups excluding tert-OH is 1. The van der Waals surface area contributed by atoms with Crippen molar-refractivity contribution in [2.45, 2.75) is 76.8 Å². The Kier molecular flexibility index (Phi) is 14.7. The molecule has 2 heterocycles. The molecule has 4 rings (SSSR count). The van der Waals surface area contributed by atoms with Crippen LogP contribution in [-0.2, 0) is 39.1 Å². The maximum Gasteiger partial charge on any atom is 0.321 e. The molecule has 282 valence electrons. The van der Waals surface area contributed by atoms with Gasteiger partial charge in [-0.1, -0.05) is 87.8 Å². The number of carbonyl (C=O) groups excluding carboxylic acids is 2. The molecule has 13 nitrogen and oxygen atoms in total. The van der Waals surface area contributed by atoms with Crippen molar-refractivity contribution in [2.24, 2.45) is 17.0 Å². The van der Waals surface area contributed by atoms with Gasteiger partial charge in [0.1, 0.15) is 6.04 Å². The Morgan fingerprint density at radius 3 is 2.35 bits per heavy atom. The van der Waals surface area contributed by atoms with E-state index in [1.807, 2.05) is 76.2 Å². The summed E-state index contributed by atoms with van der Waals surface area (Å²) in [6.45, 7) is 8.91. The first-order valence-electron chi connectivity index (χ1n) is 17.7. The van der Waals surface area contributed by atoms with E-state index in [-0.39, 0.29) is 48.8 Å². The van der Waals surface area contributed by atoms with Crippen LogP contribution >= 0.6 is 0 Å². The first kappa shape index (κ1) is 40.4. The van der Waals surface area contributed by atoms with Crippen molar-refractivity contribution >= 4 is 28.2 Å². The van der Waals surface area contributed by atoms with Gasteiger partial charge in [-0.05, 0) is 53.6 Å². The maximum absolute atomic E-state index is 14.3. The molecule has 0 spiro atoms. The lowest BCUT2D eigenvalue weighted by molar-refractivity contribution is -0.128. The number of carbonyl (C=O) groups is 2. The molecule has 0 radical (unpaired) electrons. The summed E-state index contributed by atoms with van der Waals surface area (Å²) in [5, 5.41) is 26.7. The monoisotopic (exact) mass is 736 g/mol. The van der Waals surface area contributed by atoms with Gasteiger partial charge in [-0.15, -0.1) is 0 Å². The highest BCUT2D eigenvalue weighted by atomic mass is 32.2. The molecule has 2 aromatic carbocycles. The number of hydrogen-bond acceptors (Lipinski definition) is 9. The minimum Gasteiger partial charge on any atom is -0.411 e. The molecule has 1 aliphatic heterocycles. The highest BCUT2D eigenvalue weighted by Gasteiger charge is 2.41. The first-order valence-corrected chi connectivity index (χ1v) is 19.1. The van der Waals surface area contributed by atoms with E-state index < -0.39 is 34.1 Å². The summed E-state index contributed by atoms with van der Waals surface area (Å²) in [7, 11) is -2.47. The Bertz CT molecular complexity index is 1740. The second-order valence-corrected chi connectivity index (χ2v) is 15.6. The zero-order valence-electron chi connectivity index (χ0n) is 30.6. The third-order valence-corrected chi connectivity index (χ3v) is 11.0. The SMILES string of the molecule is CCC(C)[C@@H](C(=O)N[C@@H](Cc1ccccc1)[C@H](O)CN(CC(C)C)S(=O)(=O)c1ccc(/C=N/O)cc1)N1CCN(Cc2cccc(COC)n2)C1=O. The standard InChI is InChI=1S/C38H52N6O7S/c1-6-28(4)36(44-20-19-42(38(44)47)24-31-13-10-14-32(40-31)26-51-5)37(46)41-34(21-29-11-8-7-9-12-29)35(45)25-43(23-27(2)3)52(49,50)33-17-15-30(16-18-33)22-39-48/h7-18,22,27-28,34-36,45,48H,6,19-21,23-26H2,1-5H3,(H,41,46)/b39-22+/t28?,34-,35+,36-/m0/s1. The van der Waals surface area contributed by atoms with Gasteiger partial charge in [0.05, 0.1) is 47.8 Å². The van der Waals surface area contributed by atoms with Gasteiger partial charge in [0.2, 0.25) is 15.9 Å². The van der Waals surface area contributed by atoms with E-state index in [0.717, 1.165) is 17.0 Å². The van der Waals surface area contributed by atoms with Crippen molar-refractivity contribution < 1.29 is 33.1 Å². The number of methoxy groups -OCH3 is 1. The number of amides is 3. The molecule has 1 unspecified atom stereocenters. The Morgan fingerprint density at radius 2 is 1.71 bits per heavy atom. The molecule has 1 aromatic heterocycles. The number of nitrogens with one attached hydrogen (secondary N) is 1. The third kappa shape index (κ3) is 10.6. The Balaban J connectivity index is 1.58. The Morgan fingerprint density at radius 1 is 1.02 bits per heavy atom. The number of oxime groups is 1. The highest BCUT2D eigenvalue weighted by Crippen LogP contribution is 2.24. The number of hydrogen-bond donors (Lipinski definition) is 3. The number of pyridine rings is 1. The van der Waals surface area contributed by atoms with Crippen LogP contribution < -0.4 is 5.32 Å². The van der Waals surface area contributed by atoms with Crippen LogP contribution in [0.1, 0.15) is 56.6 Å². The number of aliphatic hydroxyl groups is 1. The van der Waals surface area contributed by atoms with E-state index in [1.54, 1.807) is 16.9 Å². The van der Waals surface area contributed by atoms with Crippen LogP contribution in [0.15, 0.2) is 82.8 Å². The zero-order chi connectivity index (χ0) is 37.8. The molecular weight excluding hydrogens is 685 g/mol. The largest absolute Gasteiger partial charge is 0.411 e. The highest BCUT2D eigenvalue weighted by molar-refractivity contribution is 7.89. The predicted molar refractivity (Wildman–Crippen MR) is 198 cm³/mol. The summed E-state index contributed by atoms with van der Waals surface area (Å²) in [5.74, 6) is -0.691. The molecular formula is C38H52N6O7S. The fourth-order valence-corrected chi connectivity index (χ4v) is 7.97. The van der Waals surface area contributed by atoms with Gasteiger partial charge in [-0.25, -0.2) is 13.2 Å². The summed E-state index contributed by atoms with van der Waals surface area (Å²) in [6, 6.07) is 18.9. The third-order valence-electron chi connectivity index (χ3n) is 9.20. The van der Waals surface area contributed by atoms with Gasteiger partial charge in [-0.2, -0.15) is 4.31 Å². The predicted octanol–water partition coefficient (Wildman–Crippen LogP) is 4.12. The lowest BCUT2D eigenvalue weighted by Crippen LogP contribution is -2.57. The summed E-state index contributed by atoms with van der Waals surface area (Å²) in [4.78, 5) is 36.0. The van der Waals surface area contributed by atoms with Gasteiger partial charge in [-0.3, -0.25) is 9.78 Å². The van der Waals surface area contributed by atoms with Crippen molar-refractivity contribution in [3.8, 4) is 0 Å². The zero-order valence-corrected chi connectivity index (χ0v) is 31.4. The first-order chi connectivity index (χ1) is 24.9. The fourth-order valence-electron chi connectivity index (χ4n) is 6.35. The lowest BCUT2D eigenvalue weighted by atomic mass is 9.95. The van der Waals surface area contributed by atoms with Gasteiger partial charge < -0.3 is 30.2 Å².